The van der Waals surface area contributed by atoms with Crippen LogP contribution in [0.1, 0.15) is 47.4 Å². The van der Waals surface area contributed by atoms with Crippen molar-refractivity contribution >= 4 is 34.3 Å². The normalized spacial score (nSPS) is 16.6. The summed E-state index contributed by atoms with van der Waals surface area (Å²) in [4.78, 5) is 30.7. The van der Waals surface area contributed by atoms with Crippen molar-refractivity contribution in [3.05, 3.63) is 82.2 Å². The number of aromatic nitrogens is 1. The molecule has 1 aliphatic rings. The second-order valence-electron chi connectivity index (χ2n) is 8.96. The number of rotatable bonds is 6. The van der Waals surface area contributed by atoms with Crippen molar-refractivity contribution in [1.29, 1.82) is 5.26 Å². The number of allylic oxidation sites excluding steroid dienone is 2. The molecule has 7 heteroatoms. The lowest BCUT2D eigenvalue weighted by molar-refractivity contribution is -0.118. The van der Waals surface area contributed by atoms with Crippen LogP contribution < -0.4 is 10.5 Å². The van der Waals surface area contributed by atoms with Crippen molar-refractivity contribution < 1.29 is 19.1 Å². The molecule has 2 N–H and O–H groups in total. The molecule has 0 saturated heterocycles. The summed E-state index contributed by atoms with van der Waals surface area (Å²) >= 11 is 0. The molecule has 0 saturated carbocycles. The molecular weight excluding hydrogens is 454 g/mol. The molecule has 2 aromatic carbocycles. The van der Waals surface area contributed by atoms with E-state index < -0.39 is 18.4 Å². The van der Waals surface area contributed by atoms with Crippen LogP contribution in [0.2, 0.25) is 0 Å². The predicted molar refractivity (Wildman–Crippen MR) is 138 cm³/mol. The Hall–Kier alpha value is -4.44. The molecular formula is C29H27N3O4. The Kier molecular flexibility index (Phi) is 7.16. The van der Waals surface area contributed by atoms with E-state index in [-0.39, 0.29) is 17.2 Å². The first-order valence-corrected chi connectivity index (χ1v) is 11.7. The third kappa shape index (κ3) is 4.98. The first kappa shape index (κ1) is 24.7. The first-order valence-electron chi connectivity index (χ1n) is 11.7. The van der Waals surface area contributed by atoms with Crippen molar-refractivity contribution in [2.75, 3.05) is 13.7 Å². The highest BCUT2D eigenvalue weighted by Crippen LogP contribution is 2.38. The SMILES string of the molecule is COc1ccc(/C=C2\CC(C)Cc3c2nc2ccccc2c3C(=O)OCC(=O)/C(C#N)=C(\C)N)cc1. The van der Waals surface area contributed by atoms with Gasteiger partial charge in [-0.2, -0.15) is 5.26 Å². The van der Waals surface area contributed by atoms with Gasteiger partial charge in [-0.3, -0.25) is 4.79 Å². The summed E-state index contributed by atoms with van der Waals surface area (Å²) < 4.78 is 10.7. The maximum absolute atomic E-state index is 13.4. The van der Waals surface area contributed by atoms with E-state index in [9.17, 15) is 14.9 Å². The Morgan fingerprint density at radius 2 is 1.89 bits per heavy atom. The van der Waals surface area contributed by atoms with Gasteiger partial charge in [0.15, 0.2) is 6.61 Å². The number of fused-ring (bicyclic) bond motifs is 2. The Labute approximate surface area is 209 Å². The zero-order valence-electron chi connectivity index (χ0n) is 20.5. The van der Waals surface area contributed by atoms with E-state index in [1.165, 1.54) is 6.92 Å². The molecule has 7 nitrogen and oxygen atoms in total. The topological polar surface area (TPSA) is 115 Å². The van der Waals surface area contributed by atoms with E-state index in [2.05, 4.69) is 13.0 Å². The second-order valence-corrected chi connectivity index (χ2v) is 8.96. The maximum Gasteiger partial charge on any atom is 0.339 e. The molecule has 1 unspecified atom stereocenters. The number of ether oxygens (including phenoxy) is 2. The van der Waals surface area contributed by atoms with Crippen molar-refractivity contribution in [1.82, 2.24) is 4.98 Å². The number of para-hydroxylation sites is 1. The molecule has 0 fully saturated rings. The lowest BCUT2D eigenvalue weighted by Gasteiger charge is -2.26. The van der Waals surface area contributed by atoms with Crippen LogP contribution >= 0.6 is 0 Å². The third-order valence-corrected chi connectivity index (χ3v) is 6.20. The number of ketones is 1. The van der Waals surface area contributed by atoms with Gasteiger partial charge in [0.1, 0.15) is 17.4 Å². The lowest BCUT2D eigenvalue weighted by Crippen LogP contribution is -2.21. The Morgan fingerprint density at radius 1 is 1.17 bits per heavy atom. The van der Waals surface area contributed by atoms with Gasteiger partial charge < -0.3 is 15.2 Å². The summed E-state index contributed by atoms with van der Waals surface area (Å²) in [6, 6.07) is 16.9. The summed E-state index contributed by atoms with van der Waals surface area (Å²) in [5.74, 6) is -0.210. The quantitative estimate of drug-likeness (QED) is 0.304. The number of methoxy groups -OCH3 is 1. The van der Waals surface area contributed by atoms with Gasteiger partial charge in [-0.1, -0.05) is 37.3 Å². The van der Waals surface area contributed by atoms with Gasteiger partial charge in [0.25, 0.3) is 0 Å². The summed E-state index contributed by atoms with van der Waals surface area (Å²) in [6.07, 6.45) is 3.54. The minimum Gasteiger partial charge on any atom is -0.497 e. The van der Waals surface area contributed by atoms with Crippen LogP contribution in [-0.2, 0) is 16.0 Å². The molecule has 3 aromatic rings. The van der Waals surface area contributed by atoms with Gasteiger partial charge in [-0.05, 0) is 66.7 Å². The van der Waals surface area contributed by atoms with Crippen molar-refractivity contribution in [3.8, 4) is 11.8 Å². The van der Waals surface area contributed by atoms with Gasteiger partial charge in [-0.15, -0.1) is 0 Å². The molecule has 1 atom stereocenters. The summed E-state index contributed by atoms with van der Waals surface area (Å²) in [6.45, 7) is 3.03. The number of benzene rings is 2. The third-order valence-electron chi connectivity index (χ3n) is 6.20. The van der Waals surface area contributed by atoms with Gasteiger partial charge in [0.05, 0.1) is 23.9 Å². The van der Waals surface area contributed by atoms with Crippen molar-refractivity contribution in [2.24, 2.45) is 11.7 Å². The number of pyridine rings is 1. The average molecular weight is 482 g/mol. The van der Waals surface area contributed by atoms with Crippen LogP contribution in [0.25, 0.3) is 22.6 Å². The molecule has 0 radical (unpaired) electrons. The van der Waals surface area contributed by atoms with E-state index in [0.717, 1.165) is 34.6 Å². The van der Waals surface area contributed by atoms with Crippen LogP contribution in [0, 0.1) is 17.2 Å². The molecule has 36 heavy (non-hydrogen) atoms. The number of nitriles is 1. The number of esters is 1. The molecule has 0 amide bonds. The Balaban J connectivity index is 1.79. The minimum absolute atomic E-state index is 0.0902. The molecule has 0 bridgehead atoms. The van der Waals surface area contributed by atoms with Gasteiger partial charge in [0, 0.05) is 11.1 Å². The minimum atomic E-state index is -0.633. The fraction of sp³-hybridized carbons (Fsp3) is 0.241. The van der Waals surface area contributed by atoms with E-state index in [0.29, 0.717) is 22.9 Å². The van der Waals surface area contributed by atoms with Gasteiger partial charge >= 0.3 is 5.97 Å². The second kappa shape index (κ2) is 10.4. The molecule has 1 aliphatic carbocycles. The number of carbonyl (C=O) groups excluding carboxylic acids is 2. The van der Waals surface area contributed by atoms with E-state index in [4.69, 9.17) is 20.2 Å². The standard InChI is InChI=1S/C29H27N3O4/c1-17-12-20(14-19-8-10-21(35-3)11-9-19)28-23(13-17)27(22-6-4-5-7-25(22)32-28)29(34)36-16-26(33)24(15-30)18(2)31/h4-11,14,17H,12-13,16,31H2,1-3H3/b20-14+,24-18+. The number of Topliss-reactive ketones (excluding diaryl/α,β-unsaturated/α-hetero) is 1. The first-order chi connectivity index (χ1) is 17.3. The zero-order chi connectivity index (χ0) is 25.8. The smallest absolute Gasteiger partial charge is 0.339 e. The highest BCUT2D eigenvalue weighted by molar-refractivity contribution is 6.08. The number of carbonyl (C=O) groups is 2. The molecule has 0 spiro atoms. The van der Waals surface area contributed by atoms with E-state index in [1.54, 1.807) is 13.2 Å². The Bertz CT molecular complexity index is 1440. The molecule has 1 aromatic heterocycles. The van der Waals surface area contributed by atoms with Crippen LogP contribution in [0.4, 0.5) is 0 Å². The average Bonchev–Trinajstić information content (AvgIpc) is 2.86. The van der Waals surface area contributed by atoms with E-state index >= 15 is 0 Å². The largest absolute Gasteiger partial charge is 0.497 e. The summed E-state index contributed by atoms with van der Waals surface area (Å²) in [5, 5.41) is 9.85. The molecule has 1 heterocycles. The van der Waals surface area contributed by atoms with E-state index in [1.807, 2.05) is 48.5 Å². The number of hydrogen-bond donors (Lipinski definition) is 1. The number of nitrogens with two attached hydrogens (primary N) is 1. The maximum atomic E-state index is 13.4. The van der Waals surface area contributed by atoms with Crippen LogP contribution in [0.15, 0.2) is 59.8 Å². The summed E-state index contributed by atoms with van der Waals surface area (Å²) in [5.41, 5.74) is 10.2. The Morgan fingerprint density at radius 3 is 2.56 bits per heavy atom. The highest BCUT2D eigenvalue weighted by Gasteiger charge is 2.29. The molecule has 4 rings (SSSR count). The van der Waals surface area contributed by atoms with Crippen molar-refractivity contribution in [3.63, 3.8) is 0 Å². The monoisotopic (exact) mass is 481 g/mol. The lowest BCUT2D eigenvalue weighted by atomic mass is 9.80. The number of nitrogens with zero attached hydrogens (tertiary/aromatic N) is 2. The van der Waals surface area contributed by atoms with Gasteiger partial charge in [0.2, 0.25) is 5.78 Å². The molecule has 0 aliphatic heterocycles. The van der Waals surface area contributed by atoms with Gasteiger partial charge in [-0.25, -0.2) is 9.78 Å². The fourth-order valence-electron chi connectivity index (χ4n) is 4.52. The summed E-state index contributed by atoms with van der Waals surface area (Å²) in [7, 11) is 1.63. The van der Waals surface area contributed by atoms with Crippen LogP contribution in [-0.4, -0.2) is 30.5 Å². The number of hydrogen-bond acceptors (Lipinski definition) is 7. The fourth-order valence-corrected chi connectivity index (χ4v) is 4.52. The predicted octanol–water partition coefficient (Wildman–Crippen LogP) is 4.85. The van der Waals surface area contributed by atoms with Crippen LogP contribution in [0.3, 0.4) is 0 Å². The van der Waals surface area contributed by atoms with Crippen molar-refractivity contribution in [2.45, 2.75) is 26.7 Å². The zero-order valence-corrected chi connectivity index (χ0v) is 20.5. The van der Waals surface area contributed by atoms with Crippen LogP contribution in [0.5, 0.6) is 5.75 Å². The molecule has 182 valence electrons. The highest BCUT2D eigenvalue weighted by atomic mass is 16.5.